The highest BCUT2D eigenvalue weighted by Gasteiger charge is 2.07. The average molecular weight is 275 g/mol. The molecular weight excluding hydrogens is 259 g/mol. The van der Waals surface area contributed by atoms with Gasteiger partial charge in [-0.2, -0.15) is 0 Å². The number of nitrogens with one attached hydrogen (secondary N) is 2. The van der Waals surface area contributed by atoms with E-state index in [4.69, 9.17) is 11.6 Å². The lowest BCUT2D eigenvalue weighted by Crippen LogP contribution is -2.35. The quantitative estimate of drug-likeness (QED) is 0.773. The summed E-state index contributed by atoms with van der Waals surface area (Å²) in [5, 5.41) is 14.4. The Morgan fingerprint density at radius 3 is 2.89 bits per heavy atom. The number of urea groups is 1. The summed E-state index contributed by atoms with van der Waals surface area (Å²) in [6, 6.07) is 3.43. The van der Waals surface area contributed by atoms with Crippen molar-refractivity contribution in [1.29, 1.82) is 0 Å². The first-order valence-electron chi connectivity index (χ1n) is 5.71. The monoisotopic (exact) mass is 274 g/mol. The summed E-state index contributed by atoms with van der Waals surface area (Å²) in [5.74, 6) is -0.541. The number of aliphatic hydroxyl groups excluding tert-OH is 1. The van der Waals surface area contributed by atoms with Crippen molar-refractivity contribution in [1.82, 2.24) is 5.32 Å². The highest BCUT2D eigenvalue weighted by Crippen LogP contribution is 2.19. The first kappa shape index (κ1) is 14.7. The van der Waals surface area contributed by atoms with Gasteiger partial charge in [-0.05, 0) is 24.6 Å². The van der Waals surface area contributed by atoms with Gasteiger partial charge in [0.15, 0.2) is 0 Å². The first-order chi connectivity index (χ1) is 8.52. The average Bonchev–Trinajstić information content (AvgIpc) is 2.32. The van der Waals surface area contributed by atoms with Crippen LogP contribution in [0.25, 0.3) is 0 Å². The van der Waals surface area contributed by atoms with Crippen molar-refractivity contribution in [2.24, 2.45) is 0 Å². The summed E-state index contributed by atoms with van der Waals surface area (Å²) >= 11 is 5.58. The molecule has 0 heterocycles. The van der Waals surface area contributed by atoms with Crippen LogP contribution >= 0.6 is 11.6 Å². The van der Waals surface area contributed by atoms with E-state index < -0.39 is 18.0 Å². The van der Waals surface area contributed by atoms with Crippen molar-refractivity contribution in [3.05, 3.63) is 29.0 Å². The maximum absolute atomic E-state index is 12.9. The third-order valence-electron chi connectivity index (χ3n) is 2.30. The van der Waals surface area contributed by atoms with Crippen LogP contribution in [0.2, 0.25) is 5.02 Å². The molecule has 1 unspecified atom stereocenters. The van der Waals surface area contributed by atoms with Crippen LogP contribution in [0, 0.1) is 5.82 Å². The number of hydrogen-bond acceptors (Lipinski definition) is 2. The standard InChI is InChI=1S/C12H16ClFN2O2/c1-2-3-9(17)7-15-12(18)16-8-4-5-11(14)10(13)6-8/h4-6,9,17H,2-3,7H2,1H3,(H2,15,16,18). The Morgan fingerprint density at radius 1 is 1.56 bits per heavy atom. The molecule has 0 saturated heterocycles. The lowest BCUT2D eigenvalue weighted by Gasteiger charge is -2.11. The maximum Gasteiger partial charge on any atom is 0.319 e. The summed E-state index contributed by atoms with van der Waals surface area (Å²) in [7, 11) is 0. The number of anilines is 1. The Balaban J connectivity index is 2.42. The predicted molar refractivity (Wildman–Crippen MR) is 69.3 cm³/mol. The largest absolute Gasteiger partial charge is 0.391 e. The highest BCUT2D eigenvalue weighted by molar-refractivity contribution is 6.31. The van der Waals surface area contributed by atoms with Gasteiger partial charge in [-0.3, -0.25) is 0 Å². The molecule has 0 aliphatic carbocycles. The Morgan fingerprint density at radius 2 is 2.28 bits per heavy atom. The fourth-order valence-corrected chi connectivity index (χ4v) is 1.58. The van der Waals surface area contributed by atoms with E-state index in [2.05, 4.69) is 10.6 Å². The molecule has 1 rings (SSSR count). The molecular formula is C12H16ClFN2O2. The summed E-state index contributed by atoms with van der Waals surface area (Å²) in [5.41, 5.74) is 0.392. The lowest BCUT2D eigenvalue weighted by atomic mass is 10.2. The molecule has 0 radical (unpaired) electrons. The molecule has 0 aliphatic rings. The van der Waals surface area contributed by atoms with Gasteiger partial charge in [0.25, 0.3) is 0 Å². The van der Waals surface area contributed by atoms with Gasteiger partial charge >= 0.3 is 6.03 Å². The second kappa shape index (κ2) is 7.18. The maximum atomic E-state index is 12.9. The molecule has 6 heteroatoms. The van der Waals surface area contributed by atoms with Crippen molar-refractivity contribution in [3.8, 4) is 0 Å². The van der Waals surface area contributed by atoms with Gasteiger partial charge in [0.05, 0.1) is 11.1 Å². The van der Waals surface area contributed by atoms with Crippen LogP contribution in [0.4, 0.5) is 14.9 Å². The predicted octanol–water partition coefficient (Wildman–Crippen LogP) is 2.76. The minimum absolute atomic E-state index is 0.0567. The van der Waals surface area contributed by atoms with E-state index in [1.165, 1.54) is 18.2 Å². The number of rotatable bonds is 5. The van der Waals surface area contributed by atoms with Crippen molar-refractivity contribution in [3.63, 3.8) is 0 Å². The number of carbonyl (C=O) groups excluding carboxylic acids is 1. The van der Waals surface area contributed by atoms with Crippen LogP contribution in [0.5, 0.6) is 0 Å². The molecule has 0 aliphatic heterocycles. The van der Waals surface area contributed by atoms with E-state index in [0.717, 1.165) is 6.42 Å². The van der Waals surface area contributed by atoms with E-state index in [9.17, 15) is 14.3 Å². The SMILES string of the molecule is CCCC(O)CNC(=O)Nc1ccc(F)c(Cl)c1. The van der Waals surface area contributed by atoms with Crippen molar-refractivity contribution in [2.45, 2.75) is 25.9 Å². The molecule has 2 amide bonds. The van der Waals surface area contributed by atoms with Gasteiger partial charge in [0, 0.05) is 12.2 Å². The molecule has 0 saturated carbocycles. The van der Waals surface area contributed by atoms with E-state index in [1.54, 1.807) is 0 Å². The number of benzene rings is 1. The fraction of sp³-hybridized carbons (Fsp3) is 0.417. The van der Waals surface area contributed by atoms with E-state index in [1.807, 2.05) is 6.92 Å². The topological polar surface area (TPSA) is 61.4 Å². The smallest absolute Gasteiger partial charge is 0.319 e. The van der Waals surface area contributed by atoms with Gasteiger partial charge in [0.2, 0.25) is 0 Å². The van der Waals surface area contributed by atoms with Gasteiger partial charge in [-0.15, -0.1) is 0 Å². The molecule has 0 aromatic heterocycles. The minimum atomic E-state index is -0.558. The van der Waals surface area contributed by atoms with Crippen molar-refractivity contribution < 1.29 is 14.3 Å². The molecule has 0 fully saturated rings. The normalized spacial score (nSPS) is 12.0. The fourth-order valence-electron chi connectivity index (χ4n) is 1.39. The first-order valence-corrected chi connectivity index (χ1v) is 6.08. The van der Waals surface area contributed by atoms with Crippen molar-refractivity contribution >= 4 is 23.3 Å². The number of amides is 2. The van der Waals surface area contributed by atoms with E-state index in [0.29, 0.717) is 12.1 Å². The van der Waals surface area contributed by atoms with E-state index in [-0.39, 0.29) is 11.6 Å². The van der Waals surface area contributed by atoms with Crippen LogP contribution in [0.1, 0.15) is 19.8 Å². The van der Waals surface area contributed by atoms with Gasteiger partial charge in [0.1, 0.15) is 5.82 Å². The molecule has 100 valence electrons. The molecule has 1 atom stereocenters. The van der Waals surface area contributed by atoms with Gasteiger partial charge in [-0.1, -0.05) is 24.9 Å². The molecule has 1 aromatic carbocycles. The van der Waals surface area contributed by atoms with E-state index >= 15 is 0 Å². The number of halogens is 2. The highest BCUT2D eigenvalue weighted by atomic mass is 35.5. The summed E-state index contributed by atoms with van der Waals surface area (Å²) in [6.45, 7) is 2.12. The second-order valence-electron chi connectivity index (χ2n) is 3.91. The summed E-state index contributed by atoms with van der Waals surface area (Å²) in [6.07, 6.45) is 0.915. The Bertz CT molecular complexity index is 415. The molecule has 0 bridgehead atoms. The third-order valence-corrected chi connectivity index (χ3v) is 2.59. The Hall–Kier alpha value is -1.33. The molecule has 18 heavy (non-hydrogen) atoms. The zero-order chi connectivity index (χ0) is 13.5. The zero-order valence-corrected chi connectivity index (χ0v) is 10.8. The number of aliphatic hydroxyl groups is 1. The number of hydrogen-bond donors (Lipinski definition) is 3. The molecule has 4 nitrogen and oxygen atoms in total. The Kier molecular flexibility index (Phi) is 5.88. The summed E-state index contributed by atoms with van der Waals surface area (Å²) in [4.78, 5) is 11.4. The van der Waals surface area contributed by atoms with Gasteiger partial charge < -0.3 is 15.7 Å². The second-order valence-corrected chi connectivity index (χ2v) is 4.31. The Labute approximate surface area is 110 Å². The van der Waals surface area contributed by atoms with Gasteiger partial charge in [-0.25, -0.2) is 9.18 Å². The minimum Gasteiger partial charge on any atom is -0.391 e. The molecule has 1 aromatic rings. The van der Waals surface area contributed by atoms with Crippen molar-refractivity contribution in [2.75, 3.05) is 11.9 Å². The third kappa shape index (κ3) is 4.89. The van der Waals surface area contributed by atoms with Crippen LogP contribution in [-0.2, 0) is 0 Å². The van der Waals surface area contributed by atoms with Crippen LogP contribution in [0.3, 0.4) is 0 Å². The zero-order valence-electron chi connectivity index (χ0n) is 10.0. The van der Waals surface area contributed by atoms with Crippen LogP contribution < -0.4 is 10.6 Å². The molecule has 0 spiro atoms. The summed E-state index contributed by atoms with van der Waals surface area (Å²) < 4.78 is 12.9. The number of carbonyl (C=O) groups is 1. The van der Waals surface area contributed by atoms with Crippen LogP contribution in [0.15, 0.2) is 18.2 Å². The van der Waals surface area contributed by atoms with Crippen LogP contribution in [-0.4, -0.2) is 23.8 Å². The molecule has 3 N–H and O–H groups in total. The lowest BCUT2D eigenvalue weighted by molar-refractivity contribution is 0.162.